The molecule has 1 atom stereocenters. The standard InChI is InChI=1S/C24H26FNO4/c1-13-11-17(15(3)26-23(28)30-24(4,5)6)22-18(12-13)20(27)14(2)21(29-22)16-9-7-8-10-19(16)25/h7-12,15H,1-6H3,(H,26,28). The highest BCUT2D eigenvalue weighted by Crippen LogP contribution is 2.32. The van der Waals surface area contributed by atoms with Crippen LogP contribution in [0.15, 0.2) is 45.6 Å². The summed E-state index contributed by atoms with van der Waals surface area (Å²) in [5, 5.41) is 3.17. The lowest BCUT2D eigenvalue weighted by Gasteiger charge is -2.22. The van der Waals surface area contributed by atoms with E-state index in [1.807, 2.05) is 13.0 Å². The Bertz CT molecular complexity index is 1170. The van der Waals surface area contributed by atoms with Crippen molar-refractivity contribution in [1.82, 2.24) is 5.32 Å². The van der Waals surface area contributed by atoms with Crippen molar-refractivity contribution in [1.29, 1.82) is 0 Å². The quantitative estimate of drug-likeness (QED) is 0.591. The highest BCUT2D eigenvalue weighted by atomic mass is 19.1. The maximum Gasteiger partial charge on any atom is 0.408 e. The lowest BCUT2D eigenvalue weighted by atomic mass is 9.99. The first-order valence-corrected chi connectivity index (χ1v) is 9.80. The van der Waals surface area contributed by atoms with Crippen LogP contribution >= 0.6 is 0 Å². The molecule has 6 heteroatoms. The van der Waals surface area contributed by atoms with Gasteiger partial charge in [0.15, 0.2) is 5.43 Å². The molecule has 1 N–H and O–H groups in total. The van der Waals surface area contributed by atoms with E-state index in [-0.39, 0.29) is 16.8 Å². The van der Waals surface area contributed by atoms with E-state index in [1.54, 1.807) is 58.9 Å². The number of carbonyl (C=O) groups excluding carboxylic acids is 1. The Labute approximate surface area is 174 Å². The van der Waals surface area contributed by atoms with Crippen LogP contribution in [0, 0.1) is 19.7 Å². The van der Waals surface area contributed by atoms with Gasteiger partial charge in [-0.2, -0.15) is 0 Å². The number of fused-ring (bicyclic) bond motifs is 1. The molecule has 0 saturated carbocycles. The first kappa shape index (κ1) is 21.6. The van der Waals surface area contributed by atoms with Crippen molar-refractivity contribution in [2.45, 2.75) is 53.2 Å². The molecule has 0 aliphatic carbocycles. The minimum Gasteiger partial charge on any atom is -0.455 e. The third kappa shape index (κ3) is 4.37. The molecule has 3 rings (SSSR count). The van der Waals surface area contributed by atoms with Gasteiger partial charge in [-0.15, -0.1) is 0 Å². The van der Waals surface area contributed by atoms with Crippen LogP contribution in [0.25, 0.3) is 22.3 Å². The zero-order chi connectivity index (χ0) is 22.2. The van der Waals surface area contributed by atoms with Crippen molar-refractivity contribution in [3.05, 3.63) is 69.1 Å². The lowest BCUT2D eigenvalue weighted by Crippen LogP contribution is -2.34. The number of amides is 1. The van der Waals surface area contributed by atoms with Gasteiger partial charge in [0.25, 0.3) is 0 Å². The Morgan fingerprint density at radius 2 is 1.83 bits per heavy atom. The number of hydrogen-bond donors (Lipinski definition) is 1. The van der Waals surface area contributed by atoms with Crippen molar-refractivity contribution in [2.24, 2.45) is 0 Å². The number of nitrogens with one attached hydrogen (secondary N) is 1. The number of benzene rings is 2. The molecule has 158 valence electrons. The topological polar surface area (TPSA) is 68.5 Å². The van der Waals surface area contributed by atoms with Crippen molar-refractivity contribution < 1.29 is 18.3 Å². The van der Waals surface area contributed by atoms with Crippen LogP contribution < -0.4 is 10.7 Å². The average molecular weight is 411 g/mol. The van der Waals surface area contributed by atoms with E-state index >= 15 is 0 Å². The molecule has 1 amide bonds. The number of aryl methyl sites for hydroxylation is 1. The van der Waals surface area contributed by atoms with Crippen LogP contribution in [0.2, 0.25) is 0 Å². The van der Waals surface area contributed by atoms with Gasteiger partial charge in [-0.05, 0) is 65.3 Å². The predicted octanol–water partition coefficient (Wildman–Crippen LogP) is 5.80. The highest BCUT2D eigenvalue weighted by Gasteiger charge is 2.23. The van der Waals surface area contributed by atoms with Gasteiger partial charge in [0, 0.05) is 11.1 Å². The van der Waals surface area contributed by atoms with Crippen molar-refractivity contribution >= 4 is 17.1 Å². The monoisotopic (exact) mass is 411 g/mol. The first-order chi connectivity index (χ1) is 14.0. The van der Waals surface area contributed by atoms with Crippen molar-refractivity contribution in [2.75, 3.05) is 0 Å². The fourth-order valence-corrected chi connectivity index (χ4v) is 3.35. The molecule has 0 saturated heterocycles. The van der Waals surface area contributed by atoms with Gasteiger partial charge in [-0.3, -0.25) is 4.79 Å². The molecular formula is C24H26FNO4. The summed E-state index contributed by atoms with van der Waals surface area (Å²) in [6.45, 7) is 10.6. The molecule has 0 aliphatic heterocycles. The number of rotatable bonds is 3. The summed E-state index contributed by atoms with van der Waals surface area (Å²) in [6, 6.07) is 9.24. The Balaban J connectivity index is 2.17. The zero-order valence-corrected chi connectivity index (χ0v) is 18.1. The van der Waals surface area contributed by atoms with Crippen molar-refractivity contribution in [3.63, 3.8) is 0 Å². The van der Waals surface area contributed by atoms with E-state index < -0.39 is 23.6 Å². The van der Waals surface area contributed by atoms with E-state index in [0.29, 0.717) is 22.1 Å². The third-order valence-corrected chi connectivity index (χ3v) is 4.71. The van der Waals surface area contributed by atoms with Crippen LogP contribution in [-0.2, 0) is 4.74 Å². The number of ether oxygens (including phenoxy) is 1. The lowest BCUT2D eigenvalue weighted by molar-refractivity contribution is 0.0508. The first-order valence-electron chi connectivity index (χ1n) is 9.80. The number of hydrogen-bond acceptors (Lipinski definition) is 4. The summed E-state index contributed by atoms with van der Waals surface area (Å²) in [7, 11) is 0. The Morgan fingerprint density at radius 1 is 1.17 bits per heavy atom. The number of alkyl carbamates (subject to hydrolysis) is 1. The van der Waals surface area contributed by atoms with E-state index in [4.69, 9.17) is 9.15 Å². The summed E-state index contributed by atoms with van der Waals surface area (Å²) >= 11 is 0. The van der Waals surface area contributed by atoms with Crippen LogP contribution in [0.4, 0.5) is 9.18 Å². The molecule has 1 heterocycles. The molecule has 0 aliphatic rings. The van der Waals surface area contributed by atoms with Gasteiger partial charge >= 0.3 is 6.09 Å². The molecular weight excluding hydrogens is 385 g/mol. The molecule has 0 spiro atoms. The van der Waals surface area contributed by atoms with Gasteiger partial charge in [0.05, 0.1) is 17.0 Å². The van der Waals surface area contributed by atoms with Gasteiger partial charge in [-0.1, -0.05) is 18.2 Å². The Hall–Kier alpha value is -3.15. The van der Waals surface area contributed by atoms with Crippen LogP contribution in [0.3, 0.4) is 0 Å². The summed E-state index contributed by atoms with van der Waals surface area (Å²) in [5.74, 6) is -0.295. The largest absolute Gasteiger partial charge is 0.455 e. The van der Waals surface area contributed by atoms with E-state index in [9.17, 15) is 14.0 Å². The SMILES string of the molecule is Cc1cc(C(C)NC(=O)OC(C)(C)C)c2oc(-c3ccccc3F)c(C)c(=O)c2c1. The Kier molecular flexibility index (Phi) is 5.70. The molecule has 2 aromatic carbocycles. The summed E-state index contributed by atoms with van der Waals surface area (Å²) in [6.07, 6.45) is -0.576. The van der Waals surface area contributed by atoms with Gasteiger partial charge in [0.1, 0.15) is 22.8 Å². The second kappa shape index (κ2) is 7.94. The maximum absolute atomic E-state index is 14.4. The van der Waals surface area contributed by atoms with Crippen LogP contribution in [0.1, 0.15) is 50.4 Å². The highest BCUT2D eigenvalue weighted by molar-refractivity contribution is 5.84. The molecule has 0 bridgehead atoms. The average Bonchev–Trinajstić information content (AvgIpc) is 2.63. The molecule has 5 nitrogen and oxygen atoms in total. The summed E-state index contributed by atoms with van der Waals surface area (Å²) in [4.78, 5) is 25.3. The molecule has 0 fully saturated rings. The maximum atomic E-state index is 14.4. The zero-order valence-electron chi connectivity index (χ0n) is 18.1. The second-order valence-corrected chi connectivity index (χ2v) is 8.46. The van der Waals surface area contributed by atoms with Gasteiger partial charge in [-0.25, -0.2) is 9.18 Å². The molecule has 1 unspecified atom stereocenters. The predicted molar refractivity (Wildman–Crippen MR) is 115 cm³/mol. The van der Waals surface area contributed by atoms with E-state index in [1.165, 1.54) is 6.07 Å². The second-order valence-electron chi connectivity index (χ2n) is 8.46. The molecule has 0 radical (unpaired) electrons. The smallest absolute Gasteiger partial charge is 0.408 e. The van der Waals surface area contributed by atoms with Crippen LogP contribution in [0.5, 0.6) is 0 Å². The van der Waals surface area contributed by atoms with Gasteiger partial charge in [0.2, 0.25) is 0 Å². The molecule has 1 aromatic heterocycles. The van der Waals surface area contributed by atoms with Gasteiger partial charge < -0.3 is 14.5 Å². The number of halogens is 1. The number of carbonyl (C=O) groups is 1. The minimum absolute atomic E-state index is 0.181. The summed E-state index contributed by atoms with van der Waals surface area (Å²) in [5.41, 5.74) is 1.46. The van der Waals surface area contributed by atoms with Crippen molar-refractivity contribution in [3.8, 4) is 11.3 Å². The fourth-order valence-electron chi connectivity index (χ4n) is 3.35. The van der Waals surface area contributed by atoms with E-state index in [0.717, 1.165) is 5.56 Å². The fraction of sp³-hybridized carbons (Fsp3) is 0.333. The van der Waals surface area contributed by atoms with Crippen LogP contribution in [-0.4, -0.2) is 11.7 Å². The Morgan fingerprint density at radius 3 is 2.47 bits per heavy atom. The molecule has 3 aromatic rings. The minimum atomic E-state index is -0.639. The van der Waals surface area contributed by atoms with E-state index in [2.05, 4.69) is 5.32 Å². The summed E-state index contributed by atoms with van der Waals surface area (Å²) < 4.78 is 25.8. The molecule has 30 heavy (non-hydrogen) atoms. The third-order valence-electron chi connectivity index (χ3n) is 4.71. The normalized spacial score (nSPS) is 12.6.